The molecule has 0 aromatic heterocycles. The molecule has 3 nitrogen and oxygen atoms in total. The number of allylic oxidation sites excluding steroid dienone is 2. The normalized spacial score (nSPS) is 33.7. The molecule has 2 rings (SSSR count). The van der Waals surface area contributed by atoms with Crippen molar-refractivity contribution >= 4 is 5.91 Å². The van der Waals surface area contributed by atoms with E-state index >= 15 is 0 Å². The minimum Gasteiger partial charge on any atom is -0.375 e. The van der Waals surface area contributed by atoms with Crippen LogP contribution in [0, 0.1) is 0 Å². The molecule has 0 aromatic rings. The summed E-state index contributed by atoms with van der Waals surface area (Å²) in [5, 5.41) is 12.4. The highest BCUT2D eigenvalue weighted by molar-refractivity contribution is 5.95. The Labute approximate surface area is 70.8 Å². The standard InChI is InChI=1S/C9H11NO2/c1-9(12)6-4-2-3-5-7(6)10-8(9)11/h4-5,12H,2-3H2,1H3,(H,10,11). The molecule has 0 spiro atoms. The quantitative estimate of drug-likeness (QED) is 0.548. The summed E-state index contributed by atoms with van der Waals surface area (Å²) < 4.78 is 0. The average Bonchev–Trinajstić information content (AvgIpc) is 2.25. The number of carbonyl (C=O) groups is 1. The molecule has 1 unspecified atom stereocenters. The van der Waals surface area contributed by atoms with E-state index in [1.165, 1.54) is 6.92 Å². The molecule has 1 amide bonds. The molecule has 0 aromatic carbocycles. The van der Waals surface area contributed by atoms with Gasteiger partial charge in [0.25, 0.3) is 5.91 Å². The van der Waals surface area contributed by atoms with E-state index in [0.717, 1.165) is 24.1 Å². The second-order valence-electron chi connectivity index (χ2n) is 3.34. The number of aliphatic hydroxyl groups is 1. The molecule has 64 valence electrons. The Morgan fingerprint density at radius 2 is 2.17 bits per heavy atom. The number of nitrogens with one attached hydrogen (secondary N) is 1. The molecule has 0 saturated carbocycles. The van der Waals surface area contributed by atoms with Gasteiger partial charge in [0.1, 0.15) is 0 Å². The van der Waals surface area contributed by atoms with Crippen molar-refractivity contribution in [2.75, 3.05) is 0 Å². The third-order valence-corrected chi connectivity index (χ3v) is 2.37. The molecule has 1 saturated heterocycles. The Hall–Kier alpha value is -1.09. The van der Waals surface area contributed by atoms with Crippen LogP contribution in [0.15, 0.2) is 23.4 Å². The van der Waals surface area contributed by atoms with Crippen LogP contribution in [0.4, 0.5) is 0 Å². The summed E-state index contributed by atoms with van der Waals surface area (Å²) in [6, 6.07) is 0. The maximum absolute atomic E-state index is 11.2. The molecule has 1 heterocycles. The SMILES string of the molecule is CC1(O)C(=O)NC2=CCCC=C21. The second-order valence-corrected chi connectivity index (χ2v) is 3.34. The van der Waals surface area contributed by atoms with Gasteiger partial charge in [0, 0.05) is 11.3 Å². The van der Waals surface area contributed by atoms with Crippen molar-refractivity contribution in [3.63, 3.8) is 0 Å². The van der Waals surface area contributed by atoms with Gasteiger partial charge in [-0.25, -0.2) is 0 Å². The number of carbonyl (C=O) groups excluding carboxylic acids is 1. The van der Waals surface area contributed by atoms with Crippen LogP contribution >= 0.6 is 0 Å². The zero-order chi connectivity index (χ0) is 8.77. The Kier molecular flexibility index (Phi) is 1.38. The first-order valence-corrected chi connectivity index (χ1v) is 4.07. The van der Waals surface area contributed by atoms with Gasteiger partial charge < -0.3 is 10.4 Å². The lowest BCUT2D eigenvalue weighted by Crippen LogP contribution is -2.35. The highest BCUT2D eigenvalue weighted by Gasteiger charge is 2.43. The molecular formula is C9H11NO2. The van der Waals surface area contributed by atoms with E-state index in [4.69, 9.17) is 0 Å². The zero-order valence-corrected chi connectivity index (χ0v) is 6.92. The monoisotopic (exact) mass is 165 g/mol. The van der Waals surface area contributed by atoms with Crippen LogP contribution in [0.3, 0.4) is 0 Å². The lowest BCUT2D eigenvalue weighted by molar-refractivity contribution is -0.131. The maximum atomic E-state index is 11.2. The predicted molar refractivity (Wildman–Crippen MR) is 44.2 cm³/mol. The molecule has 12 heavy (non-hydrogen) atoms. The van der Waals surface area contributed by atoms with Gasteiger partial charge in [-0.05, 0) is 19.8 Å². The number of rotatable bonds is 0. The topological polar surface area (TPSA) is 49.3 Å². The van der Waals surface area contributed by atoms with E-state index in [-0.39, 0.29) is 5.91 Å². The molecule has 2 N–H and O–H groups in total. The minimum absolute atomic E-state index is 0.318. The number of hydrogen-bond donors (Lipinski definition) is 2. The van der Waals surface area contributed by atoms with Crippen LogP contribution in [-0.4, -0.2) is 16.6 Å². The van der Waals surface area contributed by atoms with Crippen LogP contribution in [-0.2, 0) is 4.79 Å². The van der Waals surface area contributed by atoms with E-state index < -0.39 is 5.60 Å². The van der Waals surface area contributed by atoms with Crippen molar-refractivity contribution in [1.82, 2.24) is 5.32 Å². The Balaban J connectivity index is 2.48. The molecule has 1 aliphatic carbocycles. The van der Waals surface area contributed by atoms with E-state index in [2.05, 4.69) is 5.32 Å². The van der Waals surface area contributed by atoms with Gasteiger partial charge in [0.2, 0.25) is 0 Å². The number of hydrogen-bond acceptors (Lipinski definition) is 2. The van der Waals surface area contributed by atoms with Crippen molar-refractivity contribution in [3.05, 3.63) is 23.4 Å². The smallest absolute Gasteiger partial charge is 0.260 e. The van der Waals surface area contributed by atoms with Crippen LogP contribution in [0.5, 0.6) is 0 Å². The van der Waals surface area contributed by atoms with Crippen molar-refractivity contribution in [1.29, 1.82) is 0 Å². The summed E-state index contributed by atoms with van der Waals surface area (Å²) in [6.45, 7) is 1.53. The second kappa shape index (κ2) is 2.20. The fourth-order valence-corrected chi connectivity index (χ4v) is 1.62. The van der Waals surface area contributed by atoms with Crippen LogP contribution in [0.2, 0.25) is 0 Å². The third-order valence-electron chi connectivity index (χ3n) is 2.37. The van der Waals surface area contributed by atoms with Gasteiger partial charge in [0.05, 0.1) is 0 Å². The first-order chi connectivity index (χ1) is 5.62. The van der Waals surface area contributed by atoms with Crippen molar-refractivity contribution in [2.24, 2.45) is 0 Å². The molecule has 0 radical (unpaired) electrons. The lowest BCUT2D eigenvalue weighted by atomic mass is 9.93. The van der Waals surface area contributed by atoms with E-state index in [1.54, 1.807) is 0 Å². The fraction of sp³-hybridized carbons (Fsp3) is 0.444. The summed E-state index contributed by atoms with van der Waals surface area (Å²) in [5.41, 5.74) is 0.210. The molecule has 3 heteroatoms. The zero-order valence-electron chi connectivity index (χ0n) is 6.92. The Morgan fingerprint density at radius 1 is 1.50 bits per heavy atom. The van der Waals surface area contributed by atoms with E-state index in [9.17, 15) is 9.90 Å². The summed E-state index contributed by atoms with van der Waals surface area (Å²) in [4.78, 5) is 11.2. The van der Waals surface area contributed by atoms with Gasteiger partial charge in [-0.2, -0.15) is 0 Å². The van der Waals surface area contributed by atoms with Gasteiger partial charge in [-0.1, -0.05) is 12.2 Å². The largest absolute Gasteiger partial charge is 0.375 e. The lowest BCUT2D eigenvalue weighted by Gasteiger charge is -2.16. The summed E-state index contributed by atoms with van der Waals surface area (Å²) in [6.07, 6.45) is 5.72. The highest BCUT2D eigenvalue weighted by atomic mass is 16.3. The highest BCUT2D eigenvalue weighted by Crippen LogP contribution is 2.32. The van der Waals surface area contributed by atoms with Crippen LogP contribution in [0.1, 0.15) is 19.8 Å². The molecule has 0 bridgehead atoms. The first-order valence-electron chi connectivity index (χ1n) is 4.07. The minimum atomic E-state index is -1.31. The van der Waals surface area contributed by atoms with Gasteiger partial charge in [0.15, 0.2) is 5.60 Å². The van der Waals surface area contributed by atoms with E-state index in [0.29, 0.717) is 0 Å². The molecule has 1 aliphatic heterocycles. The maximum Gasteiger partial charge on any atom is 0.260 e. The Morgan fingerprint density at radius 3 is 2.83 bits per heavy atom. The fourth-order valence-electron chi connectivity index (χ4n) is 1.62. The first kappa shape index (κ1) is 7.55. The summed E-state index contributed by atoms with van der Waals surface area (Å²) in [5.74, 6) is -0.318. The number of fused-ring (bicyclic) bond motifs is 1. The van der Waals surface area contributed by atoms with Crippen LogP contribution in [0.25, 0.3) is 0 Å². The van der Waals surface area contributed by atoms with Gasteiger partial charge in [-0.15, -0.1) is 0 Å². The van der Waals surface area contributed by atoms with Crippen molar-refractivity contribution in [3.8, 4) is 0 Å². The summed E-state index contributed by atoms with van der Waals surface area (Å²) in [7, 11) is 0. The van der Waals surface area contributed by atoms with Gasteiger partial charge >= 0.3 is 0 Å². The van der Waals surface area contributed by atoms with E-state index in [1.807, 2.05) is 12.2 Å². The molecular weight excluding hydrogens is 154 g/mol. The average molecular weight is 165 g/mol. The number of amides is 1. The Bertz CT molecular complexity index is 300. The van der Waals surface area contributed by atoms with Crippen molar-refractivity contribution in [2.45, 2.75) is 25.4 Å². The molecule has 1 atom stereocenters. The predicted octanol–water partition coefficient (Wildman–Crippen LogP) is 0.471. The molecule has 1 fully saturated rings. The summed E-state index contributed by atoms with van der Waals surface area (Å²) >= 11 is 0. The van der Waals surface area contributed by atoms with Crippen LogP contribution < -0.4 is 5.32 Å². The van der Waals surface area contributed by atoms with Crippen molar-refractivity contribution < 1.29 is 9.90 Å². The van der Waals surface area contributed by atoms with Gasteiger partial charge in [-0.3, -0.25) is 4.79 Å². The molecule has 2 aliphatic rings. The third kappa shape index (κ3) is 0.830.